The summed E-state index contributed by atoms with van der Waals surface area (Å²) < 4.78 is 11.9. The minimum absolute atomic E-state index is 0.0383. The van der Waals surface area contributed by atoms with Crippen LogP contribution in [0.15, 0.2) is 36.0 Å². The van der Waals surface area contributed by atoms with Gasteiger partial charge in [-0.1, -0.05) is 39.8 Å². The fourth-order valence-electron chi connectivity index (χ4n) is 8.06. The molecular weight excluding hydrogens is 499 g/mol. The minimum atomic E-state index is -1.10. The Balaban J connectivity index is 1.44. The summed E-state index contributed by atoms with van der Waals surface area (Å²) in [4.78, 5) is 26.9. The molecule has 0 aromatic heterocycles. The first-order valence-corrected chi connectivity index (χ1v) is 13.8. The number of esters is 1. The van der Waals surface area contributed by atoms with Gasteiger partial charge in [0.15, 0.2) is 12.4 Å². The van der Waals surface area contributed by atoms with Crippen LogP contribution in [-0.2, 0) is 14.3 Å². The summed E-state index contributed by atoms with van der Waals surface area (Å²) in [5, 5.41) is 39.0. The normalized spacial score (nSPS) is 41.0. The average molecular weight is 538 g/mol. The van der Waals surface area contributed by atoms with Crippen molar-refractivity contribution in [2.24, 2.45) is 39.1 Å². The number of aliphatic hydroxyl groups excluding tert-OH is 2. The number of benzene rings is 1. The molecule has 210 valence electrons. The van der Waals surface area contributed by atoms with Gasteiger partial charge in [0, 0.05) is 16.7 Å². The van der Waals surface area contributed by atoms with E-state index in [9.17, 15) is 24.8 Å². The van der Waals surface area contributed by atoms with Gasteiger partial charge < -0.3 is 30.0 Å². The number of ketones is 1. The van der Waals surface area contributed by atoms with Crippen LogP contribution < -0.4 is 15.5 Å². The van der Waals surface area contributed by atoms with Gasteiger partial charge in [0.25, 0.3) is 0 Å². The van der Waals surface area contributed by atoms with Gasteiger partial charge in [-0.3, -0.25) is 4.79 Å². The number of carbonyl (C=O) groups excluding carboxylic acids is 2. The van der Waals surface area contributed by atoms with Gasteiger partial charge >= 0.3 is 13.0 Å². The molecule has 0 saturated heterocycles. The van der Waals surface area contributed by atoms with Gasteiger partial charge in [0.1, 0.15) is 18.0 Å². The quantitative estimate of drug-likeness (QED) is 0.252. The number of nitrogens with one attached hydrogen (secondary N) is 1. The number of rotatable bonds is 5. The lowest BCUT2D eigenvalue weighted by molar-refractivity contribution is -0.207. The molecule has 2 bridgehead atoms. The summed E-state index contributed by atoms with van der Waals surface area (Å²) in [6.07, 6.45) is 2.80. The van der Waals surface area contributed by atoms with Crippen molar-refractivity contribution in [2.75, 3.05) is 6.61 Å². The van der Waals surface area contributed by atoms with E-state index >= 15 is 0 Å². The molecule has 0 amide bonds. The van der Waals surface area contributed by atoms with E-state index in [4.69, 9.17) is 9.47 Å². The third-order valence-electron chi connectivity index (χ3n) is 10.7. The van der Waals surface area contributed by atoms with E-state index in [0.717, 1.165) is 18.4 Å². The molecule has 0 unspecified atom stereocenters. The second kappa shape index (κ2) is 9.75. The summed E-state index contributed by atoms with van der Waals surface area (Å²) in [6, 6.07) is 5.08. The Morgan fingerprint density at radius 1 is 1.28 bits per heavy atom. The number of hydrogen-bond acceptors (Lipinski definition) is 9. The van der Waals surface area contributed by atoms with Gasteiger partial charge in [-0.05, 0) is 66.1 Å². The van der Waals surface area contributed by atoms with Crippen LogP contribution in [0.3, 0.4) is 0 Å². The van der Waals surface area contributed by atoms with E-state index < -0.39 is 53.5 Å². The molecule has 4 aliphatic rings. The van der Waals surface area contributed by atoms with E-state index in [-0.39, 0.29) is 24.2 Å². The van der Waals surface area contributed by atoms with Crippen molar-refractivity contribution >= 4 is 30.5 Å². The number of Topliss-reactive ketones (excluding diaryl/α,β-unsaturated/α-hetero) is 1. The molecule has 3 fully saturated rings. The molecule has 1 aromatic rings. The first-order chi connectivity index (χ1) is 18.4. The molecule has 4 N–H and O–H groups in total. The Hall–Kier alpha value is -2.69. The van der Waals surface area contributed by atoms with Crippen molar-refractivity contribution in [1.82, 2.24) is 5.34 Å². The lowest BCUT2D eigenvalue weighted by atomic mass is 9.44. The summed E-state index contributed by atoms with van der Waals surface area (Å²) in [7, 11) is -0.979. The lowest BCUT2D eigenvalue weighted by Gasteiger charge is -2.61. The van der Waals surface area contributed by atoms with Crippen LogP contribution in [-0.4, -0.2) is 65.2 Å². The van der Waals surface area contributed by atoms with E-state index in [0.29, 0.717) is 24.1 Å². The van der Waals surface area contributed by atoms with Crippen LogP contribution in [0, 0.1) is 34.0 Å². The highest BCUT2D eigenvalue weighted by molar-refractivity contribution is 6.65. The predicted molar refractivity (Wildman–Crippen MR) is 146 cm³/mol. The first-order valence-electron chi connectivity index (χ1n) is 13.8. The molecule has 9 atom stereocenters. The van der Waals surface area contributed by atoms with Crippen molar-refractivity contribution in [1.29, 1.82) is 0 Å². The zero-order valence-electron chi connectivity index (χ0n) is 23.1. The maximum absolute atomic E-state index is 13.6. The Labute approximate surface area is 229 Å². The number of hydrazone groups is 1. The highest BCUT2D eigenvalue weighted by Crippen LogP contribution is 2.68. The monoisotopic (exact) mass is 538 g/mol. The van der Waals surface area contributed by atoms with Crippen molar-refractivity contribution in [3.05, 3.63) is 36.4 Å². The molecule has 3 saturated carbocycles. The number of ether oxygens (including phenoxy) is 2. The molecule has 1 aliphatic heterocycles. The van der Waals surface area contributed by atoms with Gasteiger partial charge in [0.2, 0.25) is 0 Å². The van der Waals surface area contributed by atoms with E-state index in [1.807, 2.05) is 20.8 Å². The number of aliphatic hydroxyl groups is 2. The molecule has 5 rings (SSSR count). The Bertz CT molecular complexity index is 1210. The van der Waals surface area contributed by atoms with Gasteiger partial charge in [0.05, 0.1) is 12.3 Å². The minimum Gasteiger partial charge on any atom is -0.482 e. The molecule has 0 radical (unpaired) electrons. The third kappa shape index (κ3) is 4.23. The van der Waals surface area contributed by atoms with Crippen LogP contribution in [0.5, 0.6) is 5.75 Å². The zero-order chi connectivity index (χ0) is 28.3. The topological polar surface area (TPSA) is 138 Å². The van der Waals surface area contributed by atoms with Gasteiger partial charge in [-0.25, -0.2) is 4.79 Å². The molecule has 10 heteroatoms. The largest absolute Gasteiger partial charge is 0.482 e. The molecule has 1 aromatic carbocycles. The van der Waals surface area contributed by atoms with Crippen molar-refractivity contribution in [3.63, 3.8) is 0 Å². The standard InChI is InChI=1S/C29H39BN2O7/c1-6-27(4)13-22(39-23(34)15-38-19-8-7-18-14-31-32-30(37)20(18)11-19)28(5)16(2)9-10-29(17(3)26(27)36)12-21(33)24(35)25(28)29/h6-8,11,14,16-17,21-22,25-26,32-33,36-37H,1,9-10,12-13,15H2,2-5H3/t16-,17-,21-,22+,25-,26-,27+,28-,29-/m0/s1. The maximum Gasteiger partial charge on any atom is 0.464 e. The lowest BCUT2D eigenvalue weighted by Crippen LogP contribution is -2.63. The number of hydrogen-bond donors (Lipinski definition) is 4. The molecule has 0 spiro atoms. The second-order valence-corrected chi connectivity index (χ2v) is 12.6. The zero-order valence-corrected chi connectivity index (χ0v) is 23.1. The Kier molecular flexibility index (Phi) is 6.96. The number of nitrogens with zero attached hydrogens (tertiary/aromatic N) is 1. The SMILES string of the molecule is C=C[C@]1(C)C[C@@H](OC(=O)COc2ccc3c(c2)B(O)NN=C3)[C@@]2(C)[C@@H]3C(=O)[C@@H](O)C[C@@]3(CC[C@@H]2C)[C@@H](C)[C@@H]1O. The smallest absolute Gasteiger partial charge is 0.464 e. The molecule has 39 heavy (non-hydrogen) atoms. The van der Waals surface area contributed by atoms with Crippen molar-refractivity contribution in [2.45, 2.75) is 71.7 Å². The highest BCUT2D eigenvalue weighted by Gasteiger charge is 2.70. The summed E-state index contributed by atoms with van der Waals surface area (Å²) >= 11 is 0. The maximum atomic E-state index is 13.6. The fourth-order valence-corrected chi connectivity index (χ4v) is 8.06. The van der Waals surface area contributed by atoms with Crippen LogP contribution >= 0.6 is 0 Å². The molecular formula is C29H39BN2O7. The number of carbonyl (C=O) groups is 2. The van der Waals surface area contributed by atoms with E-state index in [1.54, 1.807) is 30.5 Å². The summed E-state index contributed by atoms with van der Waals surface area (Å²) in [5.41, 5.74) is -0.791. The van der Waals surface area contributed by atoms with Crippen molar-refractivity contribution in [3.8, 4) is 5.75 Å². The van der Waals surface area contributed by atoms with E-state index in [1.165, 1.54) is 0 Å². The number of fused-ring (bicyclic) bond motifs is 1. The van der Waals surface area contributed by atoms with E-state index in [2.05, 4.69) is 23.9 Å². The van der Waals surface area contributed by atoms with Crippen LogP contribution in [0.25, 0.3) is 0 Å². The van der Waals surface area contributed by atoms with Crippen molar-refractivity contribution < 1.29 is 34.3 Å². The molecule has 3 aliphatic carbocycles. The van der Waals surface area contributed by atoms with Crippen LogP contribution in [0.2, 0.25) is 0 Å². The molecule has 9 nitrogen and oxygen atoms in total. The van der Waals surface area contributed by atoms with Crippen LogP contribution in [0.1, 0.15) is 58.9 Å². The second-order valence-electron chi connectivity index (χ2n) is 12.6. The highest BCUT2D eigenvalue weighted by atomic mass is 16.6. The van der Waals surface area contributed by atoms with Gasteiger partial charge in [-0.2, -0.15) is 5.10 Å². The fraction of sp³-hybridized carbons (Fsp3) is 0.621. The van der Waals surface area contributed by atoms with Crippen LogP contribution in [0.4, 0.5) is 0 Å². The predicted octanol–water partition coefficient (Wildman–Crippen LogP) is 1.57. The van der Waals surface area contributed by atoms with Gasteiger partial charge in [-0.15, -0.1) is 6.58 Å². The summed E-state index contributed by atoms with van der Waals surface area (Å²) in [6.45, 7) is 11.7. The Morgan fingerprint density at radius 2 is 2.03 bits per heavy atom. The summed E-state index contributed by atoms with van der Waals surface area (Å²) in [5.74, 6) is -1.17. The average Bonchev–Trinajstić information content (AvgIpc) is 3.19. The third-order valence-corrected chi connectivity index (χ3v) is 10.7. The first kappa shape index (κ1) is 27.9. The Morgan fingerprint density at radius 3 is 2.74 bits per heavy atom. The molecule has 1 heterocycles.